The van der Waals surface area contributed by atoms with Gasteiger partial charge >= 0.3 is 6.09 Å². The third-order valence-corrected chi connectivity index (χ3v) is 7.32. The maximum atomic E-state index is 13.0. The van der Waals surface area contributed by atoms with E-state index in [0.29, 0.717) is 32.3 Å². The number of nitrogens with one attached hydrogen (secondary N) is 1. The van der Waals surface area contributed by atoms with E-state index in [2.05, 4.69) is 17.4 Å². The van der Waals surface area contributed by atoms with Crippen LogP contribution in [0.2, 0.25) is 0 Å². The second kappa shape index (κ2) is 9.27. The van der Waals surface area contributed by atoms with E-state index in [1.165, 1.54) is 5.56 Å². The summed E-state index contributed by atoms with van der Waals surface area (Å²) in [5.74, 6) is 1.17. The minimum atomic E-state index is -0.636. The quantitative estimate of drug-likeness (QED) is 0.662. The molecule has 2 saturated heterocycles. The number of fused-ring (bicyclic) bond motifs is 7. The van der Waals surface area contributed by atoms with Crippen LogP contribution >= 0.6 is 0 Å². The summed E-state index contributed by atoms with van der Waals surface area (Å²) < 4.78 is 23.4. The number of ether oxygens (including phenoxy) is 4. The molecule has 1 N–H and O–H groups in total. The lowest BCUT2D eigenvalue weighted by Gasteiger charge is -2.51. The zero-order valence-electron chi connectivity index (χ0n) is 18.4. The van der Waals surface area contributed by atoms with Crippen LogP contribution in [0, 0.1) is 0 Å². The van der Waals surface area contributed by atoms with E-state index in [0.717, 1.165) is 44.3 Å². The van der Waals surface area contributed by atoms with Crippen LogP contribution in [0.15, 0.2) is 24.3 Å². The second-order valence-corrected chi connectivity index (χ2v) is 9.35. The van der Waals surface area contributed by atoms with Gasteiger partial charge in [-0.05, 0) is 62.1 Å². The molecular weight excluding hydrogens is 412 g/mol. The molecule has 1 unspecified atom stereocenters. The zero-order chi connectivity index (χ0) is 22.0. The molecule has 4 aliphatic heterocycles. The molecule has 1 saturated carbocycles. The number of piperidine rings is 1. The van der Waals surface area contributed by atoms with Crippen LogP contribution in [0.25, 0.3) is 0 Å². The smallest absolute Gasteiger partial charge is 0.410 e. The Morgan fingerprint density at radius 3 is 2.75 bits per heavy atom. The van der Waals surface area contributed by atoms with Gasteiger partial charge in [0.1, 0.15) is 25.6 Å². The number of carbonyl (C=O) groups is 2. The molecule has 1 spiro atoms. The number of hydrogen-bond acceptors (Lipinski definition) is 6. The van der Waals surface area contributed by atoms with E-state index in [1.807, 2.05) is 12.1 Å². The Morgan fingerprint density at radius 2 is 1.91 bits per heavy atom. The predicted octanol–water partition coefficient (Wildman–Crippen LogP) is 2.61. The van der Waals surface area contributed by atoms with Crippen molar-refractivity contribution in [2.75, 3.05) is 39.6 Å². The number of amides is 2. The third-order valence-electron chi connectivity index (χ3n) is 7.32. The second-order valence-electron chi connectivity index (χ2n) is 9.35. The van der Waals surface area contributed by atoms with Crippen molar-refractivity contribution in [3.8, 4) is 5.75 Å². The minimum Gasteiger partial charge on any atom is -0.490 e. The molecule has 1 aromatic carbocycles. The average Bonchev–Trinajstić information content (AvgIpc) is 2.81. The highest BCUT2D eigenvalue weighted by Crippen LogP contribution is 2.37. The van der Waals surface area contributed by atoms with Gasteiger partial charge in [0, 0.05) is 6.54 Å². The molecule has 174 valence electrons. The number of hydrogen-bond donors (Lipinski definition) is 1. The fourth-order valence-corrected chi connectivity index (χ4v) is 5.66. The highest BCUT2D eigenvalue weighted by atomic mass is 16.6. The van der Waals surface area contributed by atoms with Crippen LogP contribution in [-0.4, -0.2) is 74.2 Å². The summed E-state index contributed by atoms with van der Waals surface area (Å²) in [6.45, 7) is 1.82. The van der Waals surface area contributed by atoms with Crippen molar-refractivity contribution in [2.45, 2.75) is 62.1 Å². The summed E-state index contributed by atoms with van der Waals surface area (Å²) in [5.41, 5.74) is 0.660. The molecule has 4 bridgehead atoms. The standard InChI is InChI=1S/C24H32N2O6/c27-22-15-29-16-24(25-22)9-2-10-26-21(24)14-32-19-7-5-17(6-8-19)18-3-1-4-20(13-18)30-11-12-31-23(26)28/h1,3-4,13,17,19,21H,2,5-12,14-16H2,(H,25,27)/t17?,19?,21-,24?/m0/s1. The van der Waals surface area contributed by atoms with Gasteiger partial charge in [0.25, 0.3) is 0 Å². The molecular formula is C24H32N2O6. The van der Waals surface area contributed by atoms with E-state index < -0.39 is 11.6 Å². The first-order chi connectivity index (χ1) is 15.6. The van der Waals surface area contributed by atoms with Crippen LogP contribution in [0.5, 0.6) is 5.75 Å². The van der Waals surface area contributed by atoms with E-state index in [4.69, 9.17) is 18.9 Å². The van der Waals surface area contributed by atoms with Gasteiger partial charge in [-0.3, -0.25) is 4.79 Å². The average molecular weight is 445 g/mol. The molecule has 6 rings (SSSR count). The van der Waals surface area contributed by atoms with Crippen molar-refractivity contribution in [2.24, 2.45) is 0 Å². The number of carbonyl (C=O) groups excluding carboxylic acids is 2. The Balaban J connectivity index is 1.38. The Kier molecular flexibility index (Phi) is 6.24. The minimum absolute atomic E-state index is 0.0568. The van der Waals surface area contributed by atoms with Crippen molar-refractivity contribution in [3.63, 3.8) is 0 Å². The number of nitrogens with zero attached hydrogens (tertiary/aromatic N) is 1. The first-order valence-electron chi connectivity index (χ1n) is 11.8. The number of benzene rings is 1. The van der Waals surface area contributed by atoms with E-state index in [9.17, 15) is 9.59 Å². The van der Waals surface area contributed by atoms with Crippen molar-refractivity contribution >= 4 is 12.0 Å². The Hall–Kier alpha value is -2.32. The van der Waals surface area contributed by atoms with Gasteiger partial charge in [0.15, 0.2) is 0 Å². The van der Waals surface area contributed by atoms with Crippen LogP contribution in [0.1, 0.15) is 50.0 Å². The van der Waals surface area contributed by atoms with E-state index >= 15 is 0 Å². The molecule has 1 aromatic rings. The van der Waals surface area contributed by atoms with Crippen molar-refractivity contribution in [3.05, 3.63) is 29.8 Å². The molecule has 1 aliphatic carbocycles. The van der Waals surface area contributed by atoms with E-state index in [1.54, 1.807) is 4.90 Å². The van der Waals surface area contributed by atoms with Gasteiger partial charge in [-0.25, -0.2) is 4.79 Å². The molecule has 0 radical (unpaired) electrons. The summed E-state index contributed by atoms with van der Waals surface area (Å²) in [6.07, 6.45) is 5.35. The highest BCUT2D eigenvalue weighted by molar-refractivity contribution is 5.79. The van der Waals surface area contributed by atoms with Crippen molar-refractivity contribution in [1.82, 2.24) is 10.2 Å². The van der Waals surface area contributed by atoms with Gasteiger partial charge in [0.2, 0.25) is 5.91 Å². The van der Waals surface area contributed by atoms with Crippen molar-refractivity contribution in [1.29, 1.82) is 0 Å². The Morgan fingerprint density at radius 1 is 1.06 bits per heavy atom. The Bertz CT molecular complexity index is 836. The van der Waals surface area contributed by atoms with Gasteiger partial charge in [0.05, 0.1) is 30.9 Å². The highest BCUT2D eigenvalue weighted by Gasteiger charge is 2.50. The lowest BCUT2D eigenvalue weighted by Crippen LogP contribution is -2.72. The van der Waals surface area contributed by atoms with Gasteiger partial charge in [-0.1, -0.05) is 12.1 Å². The van der Waals surface area contributed by atoms with Gasteiger partial charge in [-0.2, -0.15) is 0 Å². The normalized spacial score (nSPS) is 33.8. The summed E-state index contributed by atoms with van der Waals surface area (Å²) in [7, 11) is 0. The van der Waals surface area contributed by atoms with Crippen LogP contribution in [0.4, 0.5) is 4.79 Å². The molecule has 32 heavy (non-hydrogen) atoms. The summed E-state index contributed by atoms with van der Waals surface area (Å²) in [6, 6.07) is 7.92. The molecule has 2 amide bonds. The predicted molar refractivity (Wildman–Crippen MR) is 116 cm³/mol. The number of morpholine rings is 1. The zero-order valence-corrected chi connectivity index (χ0v) is 18.4. The van der Waals surface area contributed by atoms with E-state index in [-0.39, 0.29) is 31.3 Å². The third kappa shape index (κ3) is 4.43. The molecule has 4 heterocycles. The van der Waals surface area contributed by atoms with Crippen molar-refractivity contribution < 1.29 is 28.5 Å². The topological polar surface area (TPSA) is 86.3 Å². The first kappa shape index (κ1) is 21.5. The molecule has 8 heteroatoms. The first-order valence-corrected chi connectivity index (χ1v) is 11.8. The van der Waals surface area contributed by atoms with Crippen LogP contribution < -0.4 is 10.1 Å². The monoisotopic (exact) mass is 444 g/mol. The summed E-state index contributed by atoms with van der Waals surface area (Å²) in [5, 5.41) is 3.13. The molecule has 3 fully saturated rings. The molecule has 0 aromatic heterocycles. The van der Waals surface area contributed by atoms with Crippen LogP contribution in [0.3, 0.4) is 0 Å². The van der Waals surface area contributed by atoms with Crippen LogP contribution in [-0.2, 0) is 19.0 Å². The van der Waals surface area contributed by atoms with Gasteiger partial charge < -0.3 is 29.2 Å². The SMILES string of the molecule is O=C1COCC2(CCCN3C(=O)OCCOc4cccc(c4)C4CCC(CC4)OC[C@H]32)N1. The number of rotatable bonds is 0. The maximum absolute atomic E-state index is 13.0. The summed E-state index contributed by atoms with van der Waals surface area (Å²) in [4.78, 5) is 26.9. The lowest BCUT2D eigenvalue weighted by molar-refractivity contribution is -0.144. The fraction of sp³-hybridized carbons (Fsp3) is 0.667. The largest absolute Gasteiger partial charge is 0.490 e. The molecule has 5 aliphatic rings. The fourth-order valence-electron chi connectivity index (χ4n) is 5.66. The summed E-state index contributed by atoms with van der Waals surface area (Å²) >= 11 is 0. The molecule has 2 atom stereocenters. The molecule has 8 nitrogen and oxygen atoms in total. The maximum Gasteiger partial charge on any atom is 0.410 e. The lowest BCUT2D eigenvalue weighted by atomic mass is 9.80. The Labute approximate surface area is 188 Å². The van der Waals surface area contributed by atoms with Gasteiger partial charge in [-0.15, -0.1) is 0 Å².